The lowest BCUT2D eigenvalue weighted by molar-refractivity contribution is -0.120. The molecule has 0 bridgehead atoms. The van der Waals surface area contributed by atoms with Crippen LogP contribution in [0.15, 0.2) is 4.47 Å². The third kappa shape index (κ3) is 1.94. The van der Waals surface area contributed by atoms with Gasteiger partial charge in [-0.15, -0.1) is 0 Å². The van der Waals surface area contributed by atoms with Crippen molar-refractivity contribution in [2.75, 3.05) is 0 Å². The first-order valence-corrected chi connectivity index (χ1v) is 6.31. The van der Waals surface area contributed by atoms with E-state index >= 15 is 0 Å². The fourth-order valence-corrected chi connectivity index (χ4v) is 2.20. The average molecular weight is 286 g/mol. The zero-order chi connectivity index (χ0) is 11.9. The molecule has 0 aliphatic heterocycles. The summed E-state index contributed by atoms with van der Waals surface area (Å²) < 4.78 is 2.80. The third-order valence-corrected chi connectivity index (χ3v) is 4.16. The van der Waals surface area contributed by atoms with E-state index in [1.165, 1.54) is 0 Å². The van der Waals surface area contributed by atoms with E-state index in [2.05, 4.69) is 21.0 Å². The van der Waals surface area contributed by atoms with Crippen LogP contribution in [0.3, 0.4) is 0 Å². The molecule has 1 aliphatic rings. The fraction of sp³-hybridized carbons (Fsp3) is 0.636. The lowest BCUT2D eigenvalue weighted by atomic mass is 10.1. The molecule has 16 heavy (non-hydrogen) atoms. The van der Waals surface area contributed by atoms with Gasteiger partial charge in [-0.1, -0.05) is 0 Å². The first-order valence-electron chi connectivity index (χ1n) is 5.52. The van der Waals surface area contributed by atoms with Crippen molar-refractivity contribution in [2.45, 2.75) is 45.2 Å². The van der Waals surface area contributed by atoms with Crippen LogP contribution in [-0.2, 0) is 17.8 Å². The molecular weight excluding hydrogens is 270 g/mol. The van der Waals surface area contributed by atoms with E-state index < -0.39 is 5.54 Å². The second kappa shape index (κ2) is 3.96. The number of hydrogen-bond acceptors (Lipinski definition) is 3. The SMILES string of the molecule is CCn1nc(C)c(Br)c1CC(=O)C1(N)CC1. The molecule has 5 heteroatoms. The van der Waals surface area contributed by atoms with Crippen LogP contribution in [0.5, 0.6) is 0 Å². The van der Waals surface area contributed by atoms with Gasteiger partial charge in [0.1, 0.15) is 0 Å². The van der Waals surface area contributed by atoms with E-state index in [1.54, 1.807) is 0 Å². The molecule has 1 heterocycles. The molecule has 4 nitrogen and oxygen atoms in total. The van der Waals surface area contributed by atoms with E-state index in [0.717, 1.165) is 35.2 Å². The number of carbonyl (C=O) groups is 1. The third-order valence-electron chi connectivity index (χ3n) is 3.12. The Labute approximate surface area is 103 Å². The van der Waals surface area contributed by atoms with Crippen LogP contribution in [0.4, 0.5) is 0 Å². The summed E-state index contributed by atoms with van der Waals surface area (Å²) >= 11 is 3.48. The first kappa shape index (κ1) is 11.8. The van der Waals surface area contributed by atoms with Gasteiger partial charge >= 0.3 is 0 Å². The molecule has 2 N–H and O–H groups in total. The summed E-state index contributed by atoms with van der Waals surface area (Å²) in [6, 6.07) is 0. The van der Waals surface area contributed by atoms with Crippen LogP contribution in [0.1, 0.15) is 31.2 Å². The maximum Gasteiger partial charge on any atom is 0.158 e. The smallest absolute Gasteiger partial charge is 0.158 e. The molecule has 1 aromatic rings. The van der Waals surface area contributed by atoms with Crippen LogP contribution in [0.25, 0.3) is 0 Å². The van der Waals surface area contributed by atoms with Crippen molar-refractivity contribution in [1.82, 2.24) is 9.78 Å². The second-order valence-electron chi connectivity index (χ2n) is 4.42. The van der Waals surface area contributed by atoms with E-state index in [-0.39, 0.29) is 5.78 Å². The summed E-state index contributed by atoms with van der Waals surface area (Å²) in [5.74, 6) is 0.128. The number of aromatic nitrogens is 2. The molecule has 0 saturated heterocycles. The van der Waals surface area contributed by atoms with Crippen molar-refractivity contribution >= 4 is 21.7 Å². The minimum absolute atomic E-state index is 0.128. The van der Waals surface area contributed by atoms with Crippen molar-refractivity contribution in [3.8, 4) is 0 Å². The number of nitrogens with zero attached hydrogens (tertiary/aromatic N) is 2. The summed E-state index contributed by atoms with van der Waals surface area (Å²) in [6.45, 7) is 4.72. The zero-order valence-electron chi connectivity index (χ0n) is 9.59. The molecule has 1 saturated carbocycles. The molecule has 0 radical (unpaired) electrons. The summed E-state index contributed by atoms with van der Waals surface area (Å²) in [5, 5.41) is 4.36. The lowest BCUT2D eigenvalue weighted by Crippen LogP contribution is -2.34. The van der Waals surface area contributed by atoms with Gasteiger partial charge in [0.15, 0.2) is 5.78 Å². The Balaban J connectivity index is 2.23. The Bertz CT molecular complexity index is 435. The van der Waals surface area contributed by atoms with E-state index in [0.29, 0.717) is 6.42 Å². The predicted octanol–water partition coefficient (Wildman–Crippen LogP) is 1.58. The Morgan fingerprint density at radius 1 is 1.62 bits per heavy atom. The monoisotopic (exact) mass is 285 g/mol. The van der Waals surface area contributed by atoms with Gasteiger partial charge in [0.2, 0.25) is 0 Å². The zero-order valence-corrected chi connectivity index (χ0v) is 11.2. The second-order valence-corrected chi connectivity index (χ2v) is 5.21. The molecule has 0 spiro atoms. The summed E-state index contributed by atoms with van der Waals surface area (Å²) in [6.07, 6.45) is 2.02. The number of nitrogens with two attached hydrogens (primary N) is 1. The minimum Gasteiger partial charge on any atom is -0.319 e. The quantitative estimate of drug-likeness (QED) is 0.914. The predicted molar refractivity (Wildman–Crippen MR) is 65.2 cm³/mol. The van der Waals surface area contributed by atoms with Crippen LogP contribution < -0.4 is 5.73 Å². The number of ketones is 1. The Hall–Kier alpha value is -0.680. The van der Waals surface area contributed by atoms with Gasteiger partial charge in [-0.05, 0) is 42.6 Å². The highest BCUT2D eigenvalue weighted by Gasteiger charge is 2.45. The van der Waals surface area contributed by atoms with Gasteiger partial charge in [0, 0.05) is 6.54 Å². The maximum atomic E-state index is 11.9. The van der Waals surface area contributed by atoms with E-state index in [4.69, 9.17) is 5.73 Å². The van der Waals surface area contributed by atoms with Gasteiger partial charge in [-0.3, -0.25) is 9.48 Å². The number of aryl methyl sites for hydroxylation is 2. The highest BCUT2D eigenvalue weighted by Crippen LogP contribution is 2.35. The van der Waals surface area contributed by atoms with Crippen molar-refractivity contribution in [1.29, 1.82) is 0 Å². The maximum absolute atomic E-state index is 11.9. The first-order chi connectivity index (χ1) is 7.48. The molecule has 2 rings (SSSR count). The number of carbonyl (C=O) groups excluding carboxylic acids is 1. The van der Waals surface area contributed by atoms with Crippen LogP contribution in [-0.4, -0.2) is 21.1 Å². The van der Waals surface area contributed by atoms with Crippen LogP contribution in [0.2, 0.25) is 0 Å². The van der Waals surface area contributed by atoms with Gasteiger partial charge < -0.3 is 5.73 Å². The van der Waals surface area contributed by atoms with E-state index in [1.807, 2.05) is 18.5 Å². The Kier molecular flexibility index (Phi) is 2.92. The summed E-state index contributed by atoms with van der Waals surface area (Å²) in [4.78, 5) is 11.9. The fourth-order valence-electron chi connectivity index (χ4n) is 1.78. The Morgan fingerprint density at radius 3 is 2.75 bits per heavy atom. The van der Waals surface area contributed by atoms with Crippen molar-refractivity contribution in [2.24, 2.45) is 5.73 Å². The highest BCUT2D eigenvalue weighted by molar-refractivity contribution is 9.10. The summed E-state index contributed by atoms with van der Waals surface area (Å²) in [7, 11) is 0. The lowest BCUT2D eigenvalue weighted by Gasteiger charge is -2.09. The molecule has 1 aliphatic carbocycles. The molecular formula is C11H16BrN3O. The molecule has 1 fully saturated rings. The summed E-state index contributed by atoms with van der Waals surface area (Å²) in [5.41, 5.74) is 7.22. The number of rotatable bonds is 4. The van der Waals surface area contributed by atoms with Gasteiger partial charge in [0.25, 0.3) is 0 Å². The van der Waals surface area contributed by atoms with Crippen LogP contribution >= 0.6 is 15.9 Å². The Morgan fingerprint density at radius 2 is 2.25 bits per heavy atom. The van der Waals surface area contributed by atoms with E-state index in [9.17, 15) is 4.79 Å². The van der Waals surface area contributed by atoms with Gasteiger partial charge in [-0.2, -0.15) is 5.10 Å². The molecule has 0 aromatic carbocycles. The largest absolute Gasteiger partial charge is 0.319 e. The number of halogens is 1. The van der Waals surface area contributed by atoms with Crippen LogP contribution in [0, 0.1) is 6.92 Å². The molecule has 88 valence electrons. The molecule has 0 atom stereocenters. The standard InChI is InChI=1S/C11H16BrN3O/c1-3-15-8(10(12)7(2)14-15)6-9(16)11(13)4-5-11/h3-6,13H2,1-2H3. The minimum atomic E-state index is -0.545. The number of Topliss-reactive ketones (excluding diaryl/α,β-unsaturated/α-hetero) is 1. The normalized spacial score (nSPS) is 17.5. The average Bonchev–Trinajstić information content (AvgIpc) is 2.95. The topological polar surface area (TPSA) is 60.9 Å². The van der Waals surface area contributed by atoms with Gasteiger partial charge in [0.05, 0.1) is 27.8 Å². The molecule has 1 aromatic heterocycles. The van der Waals surface area contributed by atoms with Gasteiger partial charge in [-0.25, -0.2) is 0 Å². The van der Waals surface area contributed by atoms with Crippen molar-refractivity contribution in [3.63, 3.8) is 0 Å². The molecule has 0 amide bonds. The number of hydrogen-bond donors (Lipinski definition) is 1. The van der Waals surface area contributed by atoms with Crippen molar-refractivity contribution in [3.05, 3.63) is 15.9 Å². The van der Waals surface area contributed by atoms with Crippen molar-refractivity contribution < 1.29 is 4.79 Å². The highest BCUT2D eigenvalue weighted by atomic mass is 79.9. The molecule has 0 unspecified atom stereocenters.